The molecule has 0 aromatic carbocycles. The van der Waals surface area contributed by atoms with Gasteiger partial charge >= 0.3 is 29.8 Å². The first-order valence-electron chi connectivity index (χ1n) is 15.2. The Balaban J connectivity index is 2.47. The predicted octanol–water partition coefficient (Wildman–Crippen LogP) is 5.02. The van der Waals surface area contributed by atoms with Gasteiger partial charge in [0.25, 0.3) is 0 Å². The summed E-state index contributed by atoms with van der Waals surface area (Å²) < 4.78 is 30.3. The molecule has 3 rings (SSSR count). The standard InChI is InChI=1S/C33H48O10/c1-12-16(2)31(38)43-28-23-14-13-17(3)26(32(23,9)10)29(41-21(7)36)30(42-22(8)37)33(11)25(40-20(6)35)15-24(39-19(5)34)18(4)27(28)33/h16,23-25,27-30H,4,12-15H2,1-3,5-11H3/t16-,23-,24+,25+,27+,28-,29-,30+,33-/m1/s1. The van der Waals surface area contributed by atoms with E-state index in [0.717, 1.165) is 11.1 Å². The Morgan fingerprint density at radius 2 is 1.44 bits per heavy atom. The third-order valence-corrected chi connectivity index (χ3v) is 9.88. The predicted molar refractivity (Wildman–Crippen MR) is 156 cm³/mol. The second-order valence-corrected chi connectivity index (χ2v) is 13.2. The lowest BCUT2D eigenvalue weighted by molar-refractivity contribution is -0.229. The van der Waals surface area contributed by atoms with Crippen molar-refractivity contribution in [1.29, 1.82) is 0 Å². The van der Waals surface area contributed by atoms with Gasteiger partial charge in [-0.05, 0) is 42.7 Å². The fourth-order valence-electron chi connectivity index (χ4n) is 7.77. The second kappa shape index (κ2) is 12.8. The normalized spacial score (nSPS) is 34.0. The van der Waals surface area contributed by atoms with Crippen LogP contribution in [0.15, 0.2) is 23.3 Å². The molecule has 9 atom stereocenters. The average molecular weight is 605 g/mol. The summed E-state index contributed by atoms with van der Waals surface area (Å²) in [6.07, 6.45) is -3.07. The maximum Gasteiger partial charge on any atom is 0.308 e. The highest BCUT2D eigenvalue weighted by molar-refractivity contribution is 5.72. The highest BCUT2D eigenvalue weighted by Gasteiger charge is 2.67. The minimum atomic E-state index is -1.33. The molecule has 10 nitrogen and oxygen atoms in total. The summed E-state index contributed by atoms with van der Waals surface area (Å²) in [6.45, 7) is 21.0. The molecular formula is C33H48O10. The van der Waals surface area contributed by atoms with E-state index >= 15 is 0 Å². The van der Waals surface area contributed by atoms with Crippen LogP contribution in [0.5, 0.6) is 0 Å². The molecule has 43 heavy (non-hydrogen) atoms. The van der Waals surface area contributed by atoms with Crippen molar-refractivity contribution in [1.82, 2.24) is 0 Å². The molecule has 0 unspecified atom stereocenters. The van der Waals surface area contributed by atoms with Gasteiger partial charge in [0.1, 0.15) is 18.3 Å². The molecule has 0 aromatic heterocycles. The number of ether oxygens (including phenoxy) is 5. The van der Waals surface area contributed by atoms with Crippen LogP contribution in [-0.2, 0) is 47.7 Å². The summed E-state index contributed by atoms with van der Waals surface area (Å²) in [7, 11) is 0. The second-order valence-electron chi connectivity index (χ2n) is 13.2. The summed E-state index contributed by atoms with van der Waals surface area (Å²) >= 11 is 0. The average Bonchev–Trinajstić information content (AvgIpc) is 2.87. The summed E-state index contributed by atoms with van der Waals surface area (Å²) in [5.41, 5.74) is 0.184. The maximum atomic E-state index is 13.6. The minimum Gasteiger partial charge on any atom is -0.462 e. The molecule has 0 spiro atoms. The number of carbonyl (C=O) groups is 5. The van der Waals surface area contributed by atoms with Gasteiger partial charge in [-0.1, -0.05) is 46.8 Å². The van der Waals surface area contributed by atoms with Crippen molar-refractivity contribution in [3.63, 3.8) is 0 Å². The van der Waals surface area contributed by atoms with Crippen LogP contribution in [0.4, 0.5) is 0 Å². The molecule has 0 heterocycles. The monoisotopic (exact) mass is 604 g/mol. The molecular weight excluding hydrogens is 556 g/mol. The van der Waals surface area contributed by atoms with Crippen LogP contribution in [0.1, 0.15) is 94.9 Å². The fraction of sp³-hybridized carbons (Fsp3) is 0.727. The van der Waals surface area contributed by atoms with Gasteiger partial charge in [0.15, 0.2) is 12.2 Å². The van der Waals surface area contributed by atoms with Crippen LogP contribution in [0.25, 0.3) is 0 Å². The molecule has 2 bridgehead atoms. The van der Waals surface area contributed by atoms with E-state index in [1.165, 1.54) is 27.7 Å². The highest BCUT2D eigenvalue weighted by Crippen LogP contribution is 2.61. The van der Waals surface area contributed by atoms with E-state index in [-0.39, 0.29) is 12.3 Å². The van der Waals surface area contributed by atoms with Crippen LogP contribution < -0.4 is 0 Å². The minimum absolute atomic E-state index is 0.0215. The molecule has 0 radical (unpaired) electrons. The molecule has 0 aliphatic heterocycles. The van der Waals surface area contributed by atoms with Crippen molar-refractivity contribution in [3.05, 3.63) is 23.3 Å². The zero-order valence-electron chi connectivity index (χ0n) is 27.2. The Hall–Kier alpha value is -3.17. The Bertz CT molecular complexity index is 1200. The largest absolute Gasteiger partial charge is 0.462 e. The quantitative estimate of drug-likeness (QED) is 0.222. The van der Waals surface area contributed by atoms with Crippen LogP contribution >= 0.6 is 0 Å². The Kier molecular flexibility index (Phi) is 10.2. The van der Waals surface area contributed by atoms with Crippen molar-refractivity contribution in [3.8, 4) is 0 Å². The molecule has 0 saturated heterocycles. The Morgan fingerprint density at radius 1 is 0.884 bits per heavy atom. The lowest BCUT2D eigenvalue weighted by atomic mass is 9.48. The Labute approximate surface area is 254 Å². The molecule has 10 heteroatoms. The van der Waals surface area contributed by atoms with Crippen molar-refractivity contribution < 1.29 is 47.7 Å². The third kappa shape index (κ3) is 6.53. The molecule has 3 aliphatic rings. The van der Waals surface area contributed by atoms with Gasteiger partial charge in [-0.2, -0.15) is 0 Å². The summed E-state index contributed by atoms with van der Waals surface area (Å²) in [4.78, 5) is 63.9. The smallest absolute Gasteiger partial charge is 0.308 e. The molecule has 0 amide bonds. The van der Waals surface area contributed by atoms with Crippen LogP contribution in [0, 0.1) is 28.6 Å². The molecule has 2 saturated carbocycles. The van der Waals surface area contributed by atoms with Gasteiger partial charge in [-0.25, -0.2) is 0 Å². The van der Waals surface area contributed by atoms with Crippen LogP contribution in [-0.4, -0.2) is 60.4 Å². The number of carbonyl (C=O) groups excluding carboxylic acids is 5. The van der Waals surface area contributed by atoms with Crippen LogP contribution in [0.3, 0.4) is 0 Å². The van der Waals surface area contributed by atoms with Gasteiger partial charge in [0.2, 0.25) is 0 Å². The van der Waals surface area contributed by atoms with E-state index in [2.05, 4.69) is 6.58 Å². The van der Waals surface area contributed by atoms with E-state index in [1.54, 1.807) is 13.8 Å². The molecule has 0 aromatic rings. The molecule has 0 N–H and O–H groups in total. The molecule has 2 fully saturated rings. The first-order valence-corrected chi connectivity index (χ1v) is 15.2. The van der Waals surface area contributed by atoms with Crippen LogP contribution in [0.2, 0.25) is 0 Å². The van der Waals surface area contributed by atoms with E-state index < -0.39 is 83.0 Å². The van der Waals surface area contributed by atoms with Gasteiger partial charge < -0.3 is 23.7 Å². The van der Waals surface area contributed by atoms with Crippen molar-refractivity contribution in [2.45, 2.75) is 125 Å². The first kappa shape index (κ1) is 34.3. The van der Waals surface area contributed by atoms with Crippen molar-refractivity contribution in [2.24, 2.45) is 28.6 Å². The summed E-state index contributed by atoms with van der Waals surface area (Å²) in [6, 6.07) is 0. The zero-order chi connectivity index (χ0) is 32.6. The number of hydrogen-bond donors (Lipinski definition) is 0. The van der Waals surface area contributed by atoms with Gasteiger partial charge in [-0.3, -0.25) is 24.0 Å². The SMILES string of the molecule is C=C1[C@@H](OC(C)=O)C[C@H](OC(C)=O)[C@@]2(C)[C@@H](OC(C)=O)[C@H](OC(C)=O)C3=C(C)CC[C@H]([C@@H](OC(=O)[C@H](C)CC)[C@H]12)C3(C)C. The summed E-state index contributed by atoms with van der Waals surface area (Å²) in [5, 5.41) is 0. The molecule has 240 valence electrons. The molecule has 3 aliphatic carbocycles. The van der Waals surface area contributed by atoms with Gasteiger partial charge in [0, 0.05) is 46.0 Å². The third-order valence-electron chi connectivity index (χ3n) is 9.88. The number of esters is 5. The number of fused-ring (bicyclic) bond motifs is 3. The maximum absolute atomic E-state index is 13.6. The fourth-order valence-corrected chi connectivity index (χ4v) is 7.77. The number of hydrogen-bond acceptors (Lipinski definition) is 10. The van der Waals surface area contributed by atoms with Gasteiger partial charge in [0.05, 0.1) is 11.3 Å². The highest BCUT2D eigenvalue weighted by atomic mass is 16.6. The van der Waals surface area contributed by atoms with Crippen molar-refractivity contribution in [2.75, 3.05) is 0 Å². The first-order chi connectivity index (χ1) is 19.9. The number of rotatable bonds is 7. The van der Waals surface area contributed by atoms with Crippen molar-refractivity contribution >= 4 is 29.8 Å². The van der Waals surface area contributed by atoms with E-state index in [4.69, 9.17) is 23.7 Å². The van der Waals surface area contributed by atoms with E-state index in [0.29, 0.717) is 24.8 Å². The number of allylic oxidation sites excluding steroid dienone is 1. The lowest BCUT2D eigenvalue weighted by Gasteiger charge is -2.61. The van der Waals surface area contributed by atoms with Gasteiger partial charge in [-0.15, -0.1) is 0 Å². The van der Waals surface area contributed by atoms with E-state index in [9.17, 15) is 24.0 Å². The zero-order valence-corrected chi connectivity index (χ0v) is 27.2. The summed E-state index contributed by atoms with van der Waals surface area (Å²) in [5.74, 6) is -4.28. The topological polar surface area (TPSA) is 132 Å². The Morgan fingerprint density at radius 3 is 1.95 bits per heavy atom. The lowest BCUT2D eigenvalue weighted by Crippen LogP contribution is -2.68. The van der Waals surface area contributed by atoms with E-state index in [1.807, 2.05) is 27.7 Å².